The first-order chi connectivity index (χ1) is 9.02. The lowest BCUT2D eigenvalue weighted by atomic mass is 10.0. The first-order valence-corrected chi connectivity index (χ1v) is 8.09. The third-order valence-electron chi connectivity index (χ3n) is 3.66. The minimum absolute atomic E-state index is 0.545. The van der Waals surface area contributed by atoms with Crippen LogP contribution in [-0.2, 0) is 13.0 Å². The van der Waals surface area contributed by atoms with Crippen LogP contribution in [0.4, 0.5) is 0 Å². The second kappa shape index (κ2) is 6.06. The monoisotopic (exact) mass is 275 g/mol. The minimum atomic E-state index is 0.545. The molecule has 2 aromatic rings. The highest BCUT2D eigenvalue weighted by Gasteiger charge is 2.12. The number of thiophene rings is 1. The smallest absolute Gasteiger partial charge is 0.0351 e. The van der Waals surface area contributed by atoms with E-state index in [1.54, 1.807) is 5.56 Å². The Morgan fingerprint density at radius 3 is 2.47 bits per heavy atom. The largest absolute Gasteiger partial charge is 0.310 e. The summed E-state index contributed by atoms with van der Waals surface area (Å²) in [5, 5.41) is 5.04. The van der Waals surface area contributed by atoms with Crippen LogP contribution in [0.3, 0.4) is 0 Å². The molecule has 0 unspecified atom stereocenters. The molecular weight excluding hydrogens is 250 g/mol. The van der Waals surface area contributed by atoms with Crippen molar-refractivity contribution in [2.45, 2.75) is 60.0 Å². The standard InChI is InChI=1S/C17H25NS/c1-6-7-14-15-8-12(4)13(5)9-16(15)19-17(14)10-18-11(2)3/h8-9,11,18H,6-7,10H2,1-5H3. The Labute approximate surface area is 121 Å². The van der Waals surface area contributed by atoms with E-state index in [2.05, 4.69) is 52.1 Å². The van der Waals surface area contributed by atoms with Gasteiger partial charge in [0.05, 0.1) is 0 Å². The van der Waals surface area contributed by atoms with Gasteiger partial charge >= 0.3 is 0 Å². The second-order valence-electron chi connectivity index (χ2n) is 5.72. The molecule has 1 nitrogen and oxygen atoms in total. The summed E-state index contributed by atoms with van der Waals surface area (Å²) >= 11 is 1.97. The van der Waals surface area contributed by atoms with Crippen LogP contribution in [0, 0.1) is 13.8 Å². The Kier molecular flexibility index (Phi) is 4.64. The molecule has 0 aliphatic carbocycles. The van der Waals surface area contributed by atoms with Crippen LogP contribution in [0.1, 0.15) is 48.8 Å². The highest BCUT2D eigenvalue weighted by molar-refractivity contribution is 7.19. The first-order valence-electron chi connectivity index (χ1n) is 7.27. The third-order valence-corrected chi connectivity index (χ3v) is 4.86. The Balaban J connectivity index is 2.47. The molecule has 2 heteroatoms. The Morgan fingerprint density at radius 2 is 1.84 bits per heavy atom. The maximum Gasteiger partial charge on any atom is 0.0351 e. The summed E-state index contributed by atoms with van der Waals surface area (Å²) in [5.74, 6) is 0. The van der Waals surface area contributed by atoms with Gasteiger partial charge in [-0.3, -0.25) is 0 Å². The van der Waals surface area contributed by atoms with Crippen molar-refractivity contribution >= 4 is 21.4 Å². The van der Waals surface area contributed by atoms with E-state index in [9.17, 15) is 0 Å². The van der Waals surface area contributed by atoms with Crippen molar-refractivity contribution in [3.05, 3.63) is 33.7 Å². The van der Waals surface area contributed by atoms with Crippen LogP contribution in [0.2, 0.25) is 0 Å². The van der Waals surface area contributed by atoms with E-state index >= 15 is 0 Å². The molecule has 0 aliphatic rings. The predicted molar refractivity (Wildman–Crippen MR) is 87.3 cm³/mol. The van der Waals surface area contributed by atoms with Crippen LogP contribution in [0.15, 0.2) is 12.1 Å². The SMILES string of the molecule is CCCc1c(CNC(C)C)sc2cc(C)c(C)cc12. The number of nitrogens with one attached hydrogen (secondary N) is 1. The van der Waals surface area contributed by atoms with Crippen molar-refractivity contribution in [3.63, 3.8) is 0 Å². The maximum atomic E-state index is 3.56. The van der Waals surface area contributed by atoms with E-state index in [1.165, 1.54) is 38.9 Å². The Morgan fingerprint density at radius 1 is 1.16 bits per heavy atom. The van der Waals surface area contributed by atoms with E-state index in [0.29, 0.717) is 6.04 Å². The van der Waals surface area contributed by atoms with Crippen molar-refractivity contribution in [2.24, 2.45) is 0 Å². The van der Waals surface area contributed by atoms with Crippen LogP contribution >= 0.6 is 11.3 Å². The fourth-order valence-corrected chi connectivity index (χ4v) is 3.70. The van der Waals surface area contributed by atoms with E-state index in [-0.39, 0.29) is 0 Å². The van der Waals surface area contributed by atoms with Gasteiger partial charge in [-0.05, 0) is 48.4 Å². The van der Waals surface area contributed by atoms with Crippen LogP contribution in [0.25, 0.3) is 10.1 Å². The number of fused-ring (bicyclic) bond motifs is 1. The zero-order valence-electron chi connectivity index (χ0n) is 12.8. The fourth-order valence-electron chi connectivity index (χ4n) is 2.42. The molecule has 0 aliphatic heterocycles. The normalized spacial score (nSPS) is 11.7. The summed E-state index contributed by atoms with van der Waals surface area (Å²) in [6.07, 6.45) is 2.41. The lowest BCUT2D eigenvalue weighted by Crippen LogP contribution is -2.21. The fraction of sp³-hybridized carbons (Fsp3) is 0.529. The summed E-state index contributed by atoms with van der Waals surface area (Å²) in [5.41, 5.74) is 4.38. The van der Waals surface area contributed by atoms with Crippen LogP contribution in [-0.4, -0.2) is 6.04 Å². The van der Waals surface area contributed by atoms with Gasteiger partial charge in [0.2, 0.25) is 0 Å². The summed E-state index contributed by atoms with van der Waals surface area (Å²) in [4.78, 5) is 1.52. The van der Waals surface area contributed by atoms with Gasteiger partial charge in [-0.25, -0.2) is 0 Å². The van der Waals surface area contributed by atoms with Crippen LogP contribution < -0.4 is 5.32 Å². The zero-order valence-corrected chi connectivity index (χ0v) is 13.6. The summed E-state index contributed by atoms with van der Waals surface area (Å²) in [6, 6.07) is 5.28. The van der Waals surface area contributed by atoms with Crippen molar-refractivity contribution in [1.29, 1.82) is 0 Å². The molecule has 0 fully saturated rings. The Hall–Kier alpha value is -0.860. The summed E-state index contributed by atoms with van der Waals surface area (Å²) in [7, 11) is 0. The molecule has 0 radical (unpaired) electrons. The maximum absolute atomic E-state index is 3.56. The van der Waals surface area contributed by atoms with Gasteiger partial charge in [-0.1, -0.05) is 33.3 Å². The predicted octanol–water partition coefficient (Wildman–Crippen LogP) is 4.97. The highest BCUT2D eigenvalue weighted by atomic mass is 32.1. The average Bonchev–Trinajstić information content (AvgIpc) is 2.66. The molecule has 1 N–H and O–H groups in total. The molecule has 0 bridgehead atoms. The topological polar surface area (TPSA) is 12.0 Å². The lowest BCUT2D eigenvalue weighted by Gasteiger charge is -2.08. The molecule has 0 atom stereocenters. The van der Waals surface area contributed by atoms with Crippen molar-refractivity contribution < 1.29 is 0 Å². The van der Waals surface area contributed by atoms with Gasteiger partial charge in [-0.2, -0.15) is 0 Å². The number of aryl methyl sites for hydroxylation is 3. The van der Waals surface area contributed by atoms with Gasteiger partial charge in [0.1, 0.15) is 0 Å². The molecule has 104 valence electrons. The third kappa shape index (κ3) is 3.18. The highest BCUT2D eigenvalue weighted by Crippen LogP contribution is 2.34. The molecule has 0 spiro atoms. The second-order valence-corrected chi connectivity index (χ2v) is 6.86. The molecule has 0 amide bonds. The number of hydrogen-bond acceptors (Lipinski definition) is 2. The van der Waals surface area contributed by atoms with Gasteiger partial charge < -0.3 is 5.32 Å². The van der Waals surface area contributed by atoms with Gasteiger partial charge in [0, 0.05) is 22.2 Å². The summed E-state index contributed by atoms with van der Waals surface area (Å²) in [6.45, 7) is 12.1. The van der Waals surface area contributed by atoms with Crippen molar-refractivity contribution in [3.8, 4) is 0 Å². The van der Waals surface area contributed by atoms with Gasteiger partial charge in [-0.15, -0.1) is 11.3 Å². The van der Waals surface area contributed by atoms with Crippen LogP contribution in [0.5, 0.6) is 0 Å². The number of hydrogen-bond donors (Lipinski definition) is 1. The van der Waals surface area contributed by atoms with E-state index < -0.39 is 0 Å². The van der Waals surface area contributed by atoms with Crippen molar-refractivity contribution in [2.75, 3.05) is 0 Å². The van der Waals surface area contributed by atoms with E-state index in [4.69, 9.17) is 0 Å². The number of rotatable bonds is 5. The van der Waals surface area contributed by atoms with E-state index in [0.717, 1.165) is 6.54 Å². The van der Waals surface area contributed by atoms with Gasteiger partial charge in [0.25, 0.3) is 0 Å². The molecule has 1 heterocycles. The van der Waals surface area contributed by atoms with Crippen molar-refractivity contribution in [1.82, 2.24) is 5.32 Å². The Bertz CT molecular complexity index is 566. The molecule has 1 aromatic heterocycles. The average molecular weight is 275 g/mol. The van der Waals surface area contributed by atoms with E-state index in [1.807, 2.05) is 11.3 Å². The zero-order chi connectivity index (χ0) is 14.0. The quantitative estimate of drug-likeness (QED) is 0.812. The molecule has 0 saturated carbocycles. The molecule has 0 saturated heterocycles. The molecule has 1 aromatic carbocycles. The lowest BCUT2D eigenvalue weighted by molar-refractivity contribution is 0.591. The molecule has 19 heavy (non-hydrogen) atoms. The van der Waals surface area contributed by atoms with Gasteiger partial charge in [0.15, 0.2) is 0 Å². The summed E-state index contributed by atoms with van der Waals surface area (Å²) < 4.78 is 1.45. The minimum Gasteiger partial charge on any atom is -0.310 e. The first kappa shape index (κ1) is 14.5. The molecular formula is C17H25NS. The number of benzene rings is 1. The molecule has 2 rings (SSSR count).